The Balaban J connectivity index is 1.97. The van der Waals surface area contributed by atoms with E-state index in [9.17, 15) is 0 Å². The molecule has 0 bridgehead atoms. The van der Waals surface area contributed by atoms with Gasteiger partial charge in [0, 0.05) is 19.6 Å². The minimum atomic E-state index is 0.540. The van der Waals surface area contributed by atoms with Crippen LogP contribution in [0.1, 0.15) is 12.2 Å². The van der Waals surface area contributed by atoms with Gasteiger partial charge in [-0.1, -0.05) is 42.5 Å². The maximum atomic E-state index is 5.42. The summed E-state index contributed by atoms with van der Waals surface area (Å²) in [6.07, 6.45) is 1.98. The third-order valence-corrected chi connectivity index (χ3v) is 4.81. The van der Waals surface area contributed by atoms with E-state index in [4.69, 9.17) is 17.0 Å². The van der Waals surface area contributed by atoms with Crippen molar-refractivity contribution in [3.63, 3.8) is 0 Å². The third kappa shape index (κ3) is 3.00. The van der Waals surface area contributed by atoms with E-state index in [0.29, 0.717) is 10.6 Å². The summed E-state index contributed by atoms with van der Waals surface area (Å²) in [5.41, 5.74) is 2.11. The van der Waals surface area contributed by atoms with Crippen LogP contribution in [0.25, 0.3) is 11.3 Å². The van der Waals surface area contributed by atoms with Gasteiger partial charge in [0.1, 0.15) is 10.5 Å². The van der Waals surface area contributed by atoms with Crippen molar-refractivity contribution >= 4 is 28.1 Å². The van der Waals surface area contributed by atoms with Gasteiger partial charge in [0.15, 0.2) is 0 Å². The molecule has 1 unspecified atom stereocenters. The molecule has 0 aliphatic carbocycles. The van der Waals surface area contributed by atoms with Crippen LogP contribution in [-0.2, 0) is 11.2 Å². The Morgan fingerprint density at radius 3 is 2.85 bits per heavy atom. The highest BCUT2D eigenvalue weighted by molar-refractivity contribution is 9.10. The van der Waals surface area contributed by atoms with Crippen LogP contribution in [0, 0.1) is 10.6 Å². The second-order valence-corrected chi connectivity index (χ2v) is 6.16. The predicted molar refractivity (Wildman–Crippen MR) is 85.2 cm³/mol. The molecule has 1 aromatic heterocycles. The highest BCUT2D eigenvalue weighted by atomic mass is 79.9. The molecule has 0 saturated carbocycles. The first-order chi connectivity index (χ1) is 9.74. The van der Waals surface area contributed by atoms with Crippen LogP contribution in [0.3, 0.4) is 0 Å². The van der Waals surface area contributed by atoms with Crippen LogP contribution < -0.4 is 0 Å². The highest BCUT2D eigenvalue weighted by Crippen LogP contribution is 2.27. The number of ether oxygens (including phenoxy) is 1. The molecule has 0 radical (unpaired) electrons. The minimum absolute atomic E-state index is 0.540. The van der Waals surface area contributed by atoms with Gasteiger partial charge in [0.05, 0.1) is 10.2 Å². The average molecular weight is 351 g/mol. The Labute approximate surface area is 131 Å². The van der Waals surface area contributed by atoms with E-state index in [1.807, 2.05) is 18.2 Å². The van der Waals surface area contributed by atoms with Crippen LogP contribution in [0.2, 0.25) is 0 Å². The molecule has 5 heteroatoms. The highest BCUT2D eigenvalue weighted by Gasteiger charge is 2.18. The number of aromatic nitrogens is 2. The topological polar surface area (TPSA) is 37.9 Å². The Morgan fingerprint density at radius 2 is 2.15 bits per heavy atom. The first kappa shape index (κ1) is 13.9. The number of hydrogen-bond donors (Lipinski definition) is 1. The SMILES string of the molecule is S=c1nc(CC2CCOC2)[nH]c(-c2ccccc2)c1Br. The van der Waals surface area contributed by atoms with Crippen molar-refractivity contribution in [2.24, 2.45) is 5.92 Å². The molecule has 1 N–H and O–H groups in total. The van der Waals surface area contributed by atoms with Crippen molar-refractivity contribution in [1.82, 2.24) is 9.97 Å². The van der Waals surface area contributed by atoms with Crippen molar-refractivity contribution in [3.8, 4) is 11.3 Å². The molecule has 1 aliphatic heterocycles. The van der Waals surface area contributed by atoms with Gasteiger partial charge < -0.3 is 9.72 Å². The summed E-state index contributed by atoms with van der Waals surface area (Å²) in [6.45, 7) is 1.67. The van der Waals surface area contributed by atoms with E-state index in [2.05, 4.69) is 38.0 Å². The summed E-state index contributed by atoms with van der Waals surface area (Å²) >= 11 is 8.90. The normalized spacial score (nSPS) is 18.4. The molecule has 2 aromatic rings. The third-order valence-electron chi connectivity index (χ3n) is 3.48. The zero-order valence-corrected chi connectivity index (χ0v) is 13.3. The van der Waals surface area contributed by atoms with Crippen molar-refractivity contribution < 1.29 is 4.74 Å². The molecule has 3 rings (SSSR count). The molecule has 1 saturated heterocycles. The second kappa shape index (κ2) is 6.16. The van der Waals surface area contributed by atoms with Crippen LogP contribution in [0.4, 0.5) is 0 Å². The Hall–Kier alpha value is -1.04. The Morgan fingerprint density at radius 1 is 1.35 bits per heavy atom. The van der Waals surface area contributed by atoms with E-state index < -0.39 is 0 Å². The summed E-state index contributed by atoms with van der Waals surface area (Å²) in [6, 6.07) is 10.2. The number of H-pyrrole nitrogens is 1. The standard InChI is InChI=1S/C15H15BrN2OS/c16-13-14(11-4-2-1-3-5-11)17-12(18-15(13)20)8-10-6-7-19-9-10/h1-5,10H,6-9H2,(H,17,18,20). The number of halogens is 1. The van der Waals surface area contributed by atoms with Crippen LogP contribution in [-0.4, -0.2) is 23.2 Å². The van der Waals surface area contributed by atoms with E-state index in [1.54, 1.807) is 0 Å². The molecule has 20 heavy (non-hydrogen) atoms. The lowest BCUT2D eigenvalue weighted by atomic mass is 10.0. The number of benzene rings is 1. The van der Waals surface area contributed by atoms with Crippen molar-refractivity contribution in [2.45, 2.75) is 12.8 Å². The molecule has 1 aromatic carbocycles. The largest absolute Gasteiger partial charge is 0.381 e. The quantitative estimate of drug-likeness (QED) is 0.845. The summed E-state index contributed by atoms with van der Waals surface area (Å²) in [5, 5.41) is 0. The van der Waals surface area contributed by atoms with E-state index >= 15 is 0 Å². The molecule has 0 spiro atoms. The zero-order valence-electron chi connectivity index (χ0n) is 10.9. The maximum Gasteiger partial charge on any atom is 0.144 e. The molecule has 1 atom stereocenters. The monoisotopic (exact) mass is 350 g/mol. The number of rotatable bonds is 3. The summed E-state index contributed by atoms with van der Waals surface area (Å²) in [4.78, 5) is 7.90. The van der Waals surface area contributed by atoms with E-state index in [-0.39, 0.29) is 0 Å². The van der Waals surface area contributed by atoms with Gasteiger partial charge in [-0.15, -0.1) is 0 Å². The fourth-order valence-electron chi connectivity index (χ4n) is 2.42. The van der Waals surface area contributed by atoms with Crippen LogP contribution >= 0.6 is 28.1 Å². The maximum absolute atomic E-state index is 5.42. The first-order valence-electron chi connectivity index (χ1n) is 6.66. The Bertz CT molecular complexity index is 651. The number of nitrogens with one attached hydrogen (secondary N) is 1. The molecule has 1 fully saturated rings. The molecule has 2 heterocycles. The van der Waals surface area contributed by atoms with Gasteiger partial charge in [0.25, 0.3) is 0 Å². The molecule has 104 valence electrons. The fourth-order valence-corrected chi connectivity index (χ4v) is 3.05. The van der Waals surface area contributed by atoms with E-state index in [1.165, 1.54) is 0 Å². The molecule has 0 amide bonds. The first-order valence-corrected chi connectivity index (χ1v) is 7.86. The van der Waals surface area contributed by atoms with Crippen LogP contribution in [0.5, 0.6) is 0 Å². The van der Waals surface area contributed by atoms with Gasteiger partial charge >= 0.3 is 0 Å². The molecule has 1 aliphatic rings. The van der Waals surface area contributed by atoms with Crippen molar-refractivity contribution in [1.29, 1.82) is 0 Å². The average Bonchev–Trinajstić information content (AvgIpc) is 2.96. The molecule has 3 nitrogen and oxygen atoms in total. The van der Waals surface area contributed by atoms with Gasteiger partial charge in [0.2, 0.25) is 0 Å². The van der Waals surface area contributed by atoms with Gasteiger partial charge in [-0.2, -0.15) is 0 Å². The van der Waals surface area contributed by atoms with Crippen molar-refractivity contribution in [3.05, 3.63) is 45.3 Å². The zero-order chi connectivity index (χ0) is 13.9. The van der Waals surface area contributed by atoms with Gasteiger partial charge in [-0.25, -0.2) is 4.98 Å². The lowest BCUT2D eigenvalue weighted by molar-refractivity contribution is 0.185. The van der Waals surface area contributed by atoms with E-state index in [0.717, 1.165) is 47.6 Å². The minimum Gasteiger partial charge on any atom is -0.381 e. The summed E-state index contributed by atoms with van der Waals surface area (Å²) in [5.74, 6) is 1.48. The summed E-state index contributed by atoms with van der Waals surface area (Å²) in [7, 11) is 0. The molecular formula is C15H15BrN2OS. The van der Waals surface area contributed by atoms with Gasteiger partial charge in [-0.05, 0) is 33.8 Å². The number of aromatic amines is 1. The number of nitrogens with zero attached hydrogens (tertiary/aromatic N) is 1. The smallest absolute Gasteiger partial charge is 0.144 e. The number of hydrogen-bond acceptors (Lipinski definition) is 3. The summed E-state index contributed by atoms with van der Waals surface area (Å²) < 4.78 is 6.88. The lowest BCUT2D eigenvalue weighted by Crippen LogP contribution is -2.08. The lowest BCUT2D eigenvalue weighted by Gasteiger charge is -2.11. The van der Waals surface area contributed by atoms with Crippen molar-refractivity contribution in [2.75, 3.05) is 13.2 Å². The van der Waals surface area contributed by atoms with Crippen LogP contribution in [0.15, 0.2) is 34.8 Å². The predicted octanol–water partition coefficient (Wildman–Crippen LogP) is 4.15. The Kier molecular flexibility index (Phi) is 4.29. The fraction of sp³-hybridized carbons (Fsp3) is 0.333. The second-order valence-electron chi connectivity index (χ2n) is 4.98. The molecular weight excluding hydrogens is 336 g/mol. The van der Waals surface area contributed by atoms with Gasteiger partial charge in [-0.3, -0.25) is 0 Å².